The summed E-state index contributed by atoms with van der Waals surface area (Å²) in [6.07, 6.45) is 1.08. The first kappa shape index (κ1) is 13.7. The molecule has 0 radical (unpaired) electrons. The van der Waals surface area contributed by atoms with Gasteiger partial charge in [-0.15, -0.1) is 0 Å². The van der Waals surface area contributed by atoms with Crippen LogP contribution in [0.15, 0.2) is 22.7 Å². The van der Waals surface area contributed by atoms with Crippen LogP contribution in [0.4, 0.5) is 4.39 Å². The van der Waals surface area contributed by atoms with Gasteiger partial charge in [0.15, 0.2) is 0 Å². The van der Waals surface area contributed by atoms with Crippen LogP contribution in [0.3, 0.4) is 0 Å². The lowest BCUT2D eigenvalue weighted by molar-refractivity contribution is 0.382. The van der Waals surface area contributed by atoms with E-state index in [9.17, 15) is 4.39 Å². The molecular formula is C13H19BrFN. The van der Waals surface area contributed by atoms with E-state index in [2.05, 4.69) is 42.0 Å². The average Bonchev–Trinajstić information content (AvgIpc) is 2.29. The molecule has 0 spiro atoms. The number of nitrogens with one attached hydrogen (secondary N) is 1. The molecule has 0 bridgehead atoms. The van der Waals surface area contributed by atoms with E-state index < -0.39 is 0 Å². The highest BCUT2D eigenvalue weighted by molar-refractivity contribution is 9.10. The van der Waals surface area contributed by atoms with Gasteiger partial charge in [0, 0.05) is 6.04 Å². The van der Waals surface area contributed by atoms with Gasteiger partial charge in [0.2, 0.25) is 0 Å². The minimum absolute atomic E-state index is 0.191. The second-order valence-electron chi connectivity index (χ2n) is 4.09. The van der Waals surface area contributed by atoms with E-state index >= 15 is 0 Å². The minimum atomic E-state index is -0.191. The fourth-order valence-corrected chi connectivity index (χ4v) is 2.06. The number of hydrogen-bond donors (Lipinski definition) is 1. The quantitative estimate of drug-likeness (QED) is 0.852. The summed E-state index contributed by atoms with van der Waals surface area (Å²) in [6.45, 7) is 7.31. The summed E-state index contributed by atoms with van der Waals surface area (Å²) in [4.78, 5) is 0. The third-order valence-corrected chi connectivity index (χ3v) is 3.58. The van der Waals surface area contributed by atoms with Crippen LogP contribution in [-0.4, -0.2) is 6.54 Å². The first-order valence-electron chi connectivity index (χ1n) is 5.78. The van der Waals surface area contributed by atoms with Gasteiger partial charge in [0.25, 0.3) is 0 Å². The molecule has 0 saturated heterocycles. The summed E-state index contributed by atoms with van der Waals surface area (Å²) < 4.78 is 14.0. The molecule has 0 heterocycles. The molecule has 0 aliphatic rings. The van der Waals surface area contributed by atoms with Crippen molar-refractivity contribution in [3.8, 4) is 0 Å². The van der Waals surface area contributed by atoms with Gasteiger partial charge in [-0.2, -0.15) is 0 Å². The van der Waals surface area contributed by atoms with Crippen molar-refractivity contribution in [2.45, 2.75) is 33.2 Å². The molecule has 0 amide bonds. The van der Waals surface area contributed by atoms with Crippen molar-refractivity contribution in [3.63, 3.8) is 0 Å². The Morgan fingerprint density at radius 2 is 2.06 bits per heavy atom. The zero-order valence-corrected chi connectivity index (χ0v) is 11.6. The Balaban J connectivity index is 2.96. The maximum absolute atomic E-state index is 13.5. The lowest BCUT2D eigenvalue weighted by Gasteiger charge is -2.24. The molecule has 0 saturated carbocycles. The van der Waals surface area contributed by atoms with Crippen LogP contribution >= 0.6 is 15.9 Å². The Morgan fingerprint density at radius 3 is 2.56 bits per heavy atom. The average molecular weight is 288 g/mol. The molecular weight excluding hydrogens is 269 g/mol. The topological polar surface area (TPSA) is 12.0 Å². The molecule has 0 aromatic heterocycles. The smallest absolute Gasteiger partial charge is 0.137 e. The van der Waals surface area contributed by atoms with Crippen molar-refractivity contribution in [3.05, 3.63) is 34.1 Å². The van der Waals surface area contributed by atoms with Crippen LogP contribution in [0.25, 0.3) is 0 Å². The highest BCUT2D eigenvalue weighted by atomic mass is 79.9. The Morgan fingerprint density at radius 1 is 1.38 bits per heavy atom. The third kappa shape index (κ3) is 3.29. The standard InChI is InChI=1S/C13H19BrFN/c1-4-9(3)13(16-5-2)10-6-7-11(14)12(15)8-10/h6-9,13,16H,4-5H2,1-3H3. The fraction of sp³-hybridized carbons (Fsp3) is 0.538. The monoisotopic (exact) mass is 287 g/mol. The van der Waals surface area contributed by atoms with Crippen LogP contribution in [0.5, 0.6) is 0 Å². The van der Waals surface area contributed by atoms with Crippen LogP contribution in [0, 0.1) is 11.7 Å². The molecule has 1 aromatic carbocycles. The summed E-state index contributed by atoms with van der Waals surface area (Å²) in [6, 6.07) is 5.60. The number of halogens is 2. The van der Waals surface area contributed by atoms with Crippen molar-refractivity contribution in [2.24, 2.45) is 5.92 Å². The van der Waals surface area contributed by atoms with Gasteiger partial charge in [0.05, 0.1) is 4.47 Å². The molecule has 16 heavy (non-hydrogen) atoms. The van der Waals surface area contributed by atoms with E-state index in [1.54, 1.807) is 12.1 Å². The molecule has 0 fully saturated rings. The van der Waals surface area contributed by atoms with Gasteiger partial charge in [0.1, 0.15) is 5.82 Å². The lowest BCUT2D eigenvalue weighted by atomic mass is 9.92. The predicted octanol–water partition coefficient (Wildman–Crippen LogP) is 4.28. The SMILES string of the molecule is CCNC(c1ccc(Br)c(F)c1)C(C)CC. The summed E-state index contributed by atoms with van der Waals surface area (Å²) in [7, 11) is 0. The van der Waals surface area contributed by atoms with Gasteiger partial charge < -0.3 is 5.32 Å². The second kappa shape index (κ2) is 6.36. The van der Waals surface area contributed by atoms with Crippen molar-refractivity contribution >= 4 is 15.9 Å². The summed E-state index contributed by atoms with van der Waals surface area (Å²) in [5, 5.41) is 3.41. The molecule has 0 aliphatic heterocycles. The molecule has 0 aliphatic carbocycles. The van der Waals surface area contributed by atoms with E-state index in [1.165, 1.54) is 0 Å². The minimum Gasteiger partial charge on any atom is -0.310 e. The van der Waals surface area contributed by atoms with Gasteiger partial charge in [-0.25, -0.2) is 4.39 Å². The zero-order valence-electron chi connectivity index (χ0n) is 10.1. The number of rotatable bonds is 5. The van der Waals surface area contributed by atoms with Gasteiger partial charge >= 0.3 is 0 Å². The Labute approximate surface area is 106 Å². The fourth-order valence-electron chi connectivity index (χ4n) is 1.81. The second-order valence-corrected chi connectivity index (χ2v) is 4.95. The summed E-state index contributed by atoms with van der Waals surface area (Å²) >= 11 is 3.18. The van der Waals surface area contributed by atoms with Crippen LogP contribution in [-0.2, 0) is 0 Å². The van der Waals surface area contributed by atoms with E-state index in [1.807, 2.05) is 6.07 Å². The van der Waals surface area contributed by atoms with Crippen molar-refractivity contribution in [1.82, 2.24) is 5.32 Å². The molecule has 1 N–H and O–H groups in total. The third-order valence-electron chi connectivity index (χ3n) is 2.94. The van der Waals surface area contributed by atoms with E-state index in [-0.39, 0.29) is 11.9 Å². The van der Waals surface area contributed by atoms with Gasteiger partial charge in [-0.3, -0.25) is 0 Å². The van der Waals surface area contributed by atoms with Crippen molar-refractivity contribution in [2.75, 3.05) is 6.54 Å². The molecule has 2 unspecified atom stereocenters. The molecule has 2 atom stereocenters. The zero-order chi connectivity index (χ0) is 12.1. The van der Waals surface area contributed by atoms with Crippen molar-refractivity contribution in [1.29, 1.82) is 0 Å². The Bertz CT molecular complexity index is 341. The summed E-state index contributed by atoms with van der Waals surface area (Å²) in [5.41, 5.74) is 1.02. The van der Waals surface area contributed by atoms with Crippen LogP contribution in [0.1, 0.15) is 38.8 Å². The van der Waals surface area contributed by atoms with E-state index in [0.29, 0.717) is 10.4 Å². The highest BCUT2D eigenvalue weighted by Crippen LogP contribution is 2.27. The number of hydrogen-bond acceptors (Lipinski definition) is 1. The Hall–Kier alpha value is -0.410. The van der Waals surface area contributed by atoms with E-state index in [0.717, 1.165) is 18.5 Å². The van der Waals surface area contributed by atoms with E-state index in [4.69, 9.17) is 0 Å². The van der Waals surface area contributed by atoms with Crippen LogP contribution < -0.4 is 5.32 Å². The predicted molar refractivity (Wildman–Crippen MR) is 70.0 cm³/mol. The highest BCUT2D eigenvalue weighted by Gasteiger charge is 2.17. The number of benzene rings is 1. The Kier molecular flexibility index (Phi) is 5.42. The van der Waals surface area contributed by atoms with Crippen LogP contribution in [0.2, 0.25) is 0 Å². The maximum Gasteiger partial charge on any atom is 0.137 e. The largest absolute Gasteiger partial charge is 0.310 e. The molecule has 1 rings (SSSR count). The lowest BCUT2D eigenvalue weighted by Crippen LogP contribution is -2.26. The molecule has 90 valence electrons. The van der Waals surface area contributed by atoms with Gasteiger partial charge in [-0.1, -0.05) is 33.3 Å². The summed E-state index contributed by atoms with van der Waals surface area (Å²) in [5.74, 6) is 0.309. The maximum atomic E-state index is 13.5. The molecule has 3 heteroatoms. The normalized spacial score (nSPS) is 14.8. The first-order chi connectivity index (χ1) is 7.60. The van der Waals surface area contributed by atoms with Crippen molar-refractivity contribution < 1.29 is 4.39 Å². The van der Waals surface area contributed by atoms with Gasteiger partial charge in [-0.05, 0) is 46.1 Å². The first-order valence-corrected chi connectivity index (χ1v) is 6.57. The molecule has 1 aromatic rings. The molecule has 1 nitrogen and oxygen atoms in total.